The average molecular weight is 173 g/mol. The molecule has 0 aliphatic heterocycles. The summed E-state index contributed by atoms with van der Waals surface area (Å²) in [5, 5.41) is 13.7. The topological polar surface area (TPSA) is 89.1 Å². The summed E-state index contributed by atoms with van der Waals surface area (Å²) < 4.78 is 3.57. The molecule has 1 aromatic rings. The van der Waals surface area contributed by atoms with Crippen LogP contribution in [0.4, 0.5) is 0 Å². The predicted molar refractivity (Wildman–Crippen MR) is 39.1 cm³/mol. The van der Waals surface area contributed by atoms with Crippen LogP contribution in [0.25, 0.3) is 0 Å². The molecule has 3 N–H and O–H groups in total. The average Bonchev–Trinajstić information content (AvgIpc) is 2.35. The fourth-order valence-electron chi connectivity index (χ4n) is 0.626. The molecule has 6 heteroatoms. The van der Waals surface area contributed by atoms with Crippen molar-refractivity contribution in [2.24, 2.45) is 5.73 Å². The van der Waals surface area contributed by atoms with Crippen molar-refractivity contribution in [3.63, 3.8) is 0 Å². The quantitative estimate of drug-likeness (QED) is 0.672. The highest BCUT2D eigenvalue weighted by Gasteiger charge is 2.12. The number of hydrogen-bond acceptors (Lipinski definition) is 5. The van der Waals surface area contributed by atoms with E-state index in [1.807, 2.05) is 0 Å². The third-order valence-electron chi connectivity index (χ3n) is 1.15. The normalized spacial score (nSPS) is 12.8. The van der Waals surface area contributed by atoms with E-state index in [1.54, 1.807) is 5.38 Å². The Kier molecular flexibility index (Phi) is 2.50. The zero-order valence-electron chi connectivity index (χ0n) is 5.60. The summed E-state index contributed by atoms with van der Waals surface area (Å²) in [6, 6.07) is -0.536. The fourth-order valence-corrected chi connectivity index (χ4v) is 1.14. The molecule has 1 aromatic heterocycles. The second-order valence-corrected chi connectivity index (χ2v) is 2.64. The van der Waals surface area contributed by atoms with Crippen LogP contribution in [0.5, 0.6) is 0 Å². The van der Waals surface area contributed by atoms with E-state index in [1.165, 1.54) is 0 Å². The summed E-state index contributed by atoms with van der Waals surface area (Å²) in [6.07, 6.45) is -0.106. The molecule has 0 aliphatic carbocycles. The van der Waals surface area contributed by atoms with Gasteiger partial charge in [0.05, 0.1) is 18.2 Å². The van der Waals surface area contributed by atoms with Crippen LogP contribution < -0.4 is 5.73 Å². The van der Waals surface area contributed by atoms with Gasteiger partial charge in [-0.15, -0.1) is 5.10 Å². The number of nitrogens with two attached hydrogens (primary N) is 1. The van der Waals surface area contributed by atoms with Gasteiger partial charge in [0.2, 0.25) is 0 Å². The highest BCUT2D eigenvalue weighted by molar-refractivity contribution is 7.03. The summed E-state index contributed by atoms with van der Waals surface area (Å²) in [5.41, 5.74) is 6.00. The van der Waals surface area contributed by atoms with Crippen molar-refractivity contribution >= 4 is 17.5 Å². The van der Waals surface area contributed by atoms with Crippen LogP contribution in [0.2, 0.25) is 0 Å². The largest absolute Gasteiger partial charge is 0.481 e. The Balaban J connectivity index is 2.56. The third kappa shape index (κ3) is 2.24. The third-order valence-corrected chi connectivity index (χ3v) is 1.67. The minimum atomic E-state index is -0.925. The first kappa shape index (κ1) is 8.09. The van der Waals surface area contributed by atoms with Crippen LogP contribution >= 0.6 is 11.5 Å². The maximum absolute atomic E-state index is 10.2. The van der Waals surface area contributed by atoms with Crippen molar-refractivity contribution in [1.29, 1.82) is 0 Å². The molecular weight excluding hydrogens is 166 g/mol. The van der Waals surface area contributed by atoms with Crippen molar-refractivity contribution in [3.8, 4) is 0 Å². The van der Waals surface area contributed by atoms with Crippen molar-refractivity contribution in [2.45, 2.75) is 12.5 Å². The Labute approximate surface area is 67.0 Å². The first-order chi connectivity index (χ1) is 5.20. The molecule has 60 valence electrons. The van der Waals surface area contributed by atoms with Gasteiger partial charge in [0.25, 0.3) is 0 Å². The standard InChI is InChI=1S/C5H7N3O2S/c6-3(1-5(9)10)4-2-11-8-7-4/h2-3H,1,6H2,(H,9,10)/t3-/m1/s1. The summed E-state index contributed by atoms with van der Waals surface area (Å²) >= 11 is 1.16. The van der Waals surface area contributed by atoms with Gasteiger partial charge in [0, 0.05) is 5.38 Å². The molecule has 0 bridgehead atoms. The number of hydrogen-bond donors (Lipinski definition) is 2. The van der Waals surface area contributed by atoms with Crippen LogP contribution in [-0.4, -0.2) is 20.7 Å². The van der Waals surface area contributed by atoms with Gasteiger partial charge in [-0.05, 0) is 11.5 Å². The van der Waals surface area contributed by atoms with Crippen LogP contribution in [0.1, 0.15) is 18.2 Å². The van der Waals surface area contributed by atoms with Crippen LogP contribution in [0.15, 0.2) is 5.38 Å². The SMILES string of the molecule is N[C@H](CC(=O)O)c1csnn1. The summed E-state index contributed by atoms with van der Waals surface area (Å²) in [6.45, 7) is 0. The number of aromatic nitrogens is 2. The predicted octanol–water partition coefficient (Wildman–Crippen LogP) is 0.0126. The minimum absolute atomic E-state index is 0.106. The molecule has 0 spiro atoms. The molecule has 0 saturated heterocycles. The van der Waals surface area contributed by atoms with Gasteiger partial charge in [-0.25, -0.2) is 0 Å². The van der Waals surface area contributed by atoms with Crippen molar-refractivity contribution in [3.05, 3.63) is 11.1 Å². The molecule has 0 aromatic carbocycles. The minimum Gasteiger partial charge on any atom is -0.481 e. The number of carboxylic acids is 1. The van der Waals surface area contributed by atoms with Gasteiger partial charge in [-0.3, -0.25) is 4.79 Å². The van der Waals surface area contributed by atoms with Crippen LogP contribution in [-0.2, 0) is 4.79 Å². The van der Waals surface area contributed by atoms with E-state index in [4.69, 9.17) is 10.8 Å². The number of rotatable bonds is 3. The summed E-state index contributed by atoms with van der Waals surface area (Å²) in [5.74, 6) is -0.925. The van der Waals surface area contributed by atoms with E-state index in [2.05, 4.69) is 9.59 Å². The molecule has 0 aliphatic rings. The molecule has 0 fully saturated rings. The summed E-state index contributed by atoms with van der Waals surface area (Å²) in [7, 11) is 0. The second kappa shape index (κ2) is 3.40. The maximum atomic E-state index is 10.2. The monoisotopic (exact) mass is 173 g/mol. The zero-order chi connectivity index (χ0) is 8.27. The van der Waals surface area contributed by atoms with Gasteiger partial charge in [0.15, 0.2) is 0 Å². The maximum Gasteiger partial charge on any atom is 0.305 e. The Hall–Kier alpha value is -1.01. The lowest BCUT2D eigenvalue weighted by atomic mass is 10.2. The Morgan fingerprint density at radius 3 is 3.09 bits per heavy atom. The number of carboxylic acid groups (broad SMARTS) is 1. The van der Waals surface area contributed by atoms with E-state index in [9.17, 15) is 4.79 Å². The van der Waals surface area contributed by atoms with Crippen LogP contribution in [0.3, 0.4) is 0 Å². The van der Waals surface area contributed by atoms with Gasteiger partial charge in [-0.2, -0.15) is 0 Å². The molecule has 11 heavy (non-hydrogen) atoms. The molecule has 0 amide bonds. The lowest BCUT2D eigenvalue weighted by Gasteiger charge is -2.01. The first-order valence-electron chi connectivity index (χ1n) is 2.94. The highest BCUT2D eigenvalue weighted by Crippen LogP contribution is 2.11. The Morgan fingerprint density at radius 1 is 1.91 bits per heavy atom. The molecular formula is C5H7N3O2S. The van der Waals surface area contributed by atoms with E-state index < -0.39 is 12.0 Å². The number of aliphatic carboxylic acids is 1. The molecule has 1 rings (SSSR count). The molecule has 0 radical (unpaired) electrons. The van der Waals surface area contributed by atoms with E-state index >= 15 is 0 Å². The van der Waals surface area contributed by atoms with Crippen molar-refractivity contribution in [1.82, 2.24) is 9.59 Å². The number of nitrogens with zero attached hydrogens (tertiary/aromatic N) is 2. The lowest BCUT2D eigenvalue weighted by molar-refractivity contribution is -0.137. The van der Waals surface area contributed by atoms with Gasteiger partial charge < -0.3 is 10.8 Å². The van der Waals surface area contributed by atoms with E-state index in [0.717, 1.165) is 11.5 Å². The number of carbonyl (C=O) groups is 1. The molecule has 1 heterocycles. The van der Waals surface area contributed by atoms with Gasteiger partial charge in [0.1, 0.15) is 0 Å². The zero-order valence-corrected chi connectivity index (χ0v) is 6.41. The van der Waals surface area contributed by atoms with Gasteiger partial charge >= 0.3 is 5.97 Å². The van der Waals surface area contributed by atoms with Crippen molar-refractivity contribution in [2.75, 3.05) is 0 Å². The summed E-state index contributed by atoms with van der Waals surface area (Å²) in [4.78, 5) is 10.2. The molecule has 5 nitrogen and oxygen atoms in total. The van der Waals surface area contributed by atoms with E-state index in [0.29, 0.717) is 5.69 Å². The molecule has 1 atom stereocenters. The fraction of sp³-hybridized carbons (Fsp3) is 0.400. The van der Waals surface area contributed by atoms with E-state index in [-0.39, 0.29) is 6.42 Å². The smallest absolute Gasteiger partial charge is 0.305 e. The lowest BCUT2D eigenvalue weighted by Crippen LogP contribution is -2.15. The molecule has 0 unspecified atom stereocenters. The Bertz CT molecular complexity index is 236. The first-order valence-corrected chi connectivity index (χ1v) is 3.78. The van der Waals surface area contributed by atoms with Gasteiger partial charge in [-0.1, -0.05) is 4.49 Å². The Morgan fingerprint density at radius 2 is 2.64 bits per heavy atom. The van der Waals surface area contributed by atoms with Crippen molar-refractivity contribution < 1.29 is 9.90 Å². The highest BCUT2D eigenvalue weighted by atomic mass is 32.1. The molecule has 0 saturated carbocycles. The van der Waals surface area contributed by atoms with Crippen LogP contribution in [0, 0.1) is 0 Å². The second-order valence-electron chi connectivity index (χ2n) is 2.03.